The first-order valence-electron chi connectivity index (χ1n) is 10.8. The number of hydroxylamine groups is 2. The first-order valence-corrected chi connectivity index (χ1v) is 10.8. The van der Waals surface area contributed by atoms with E-state index >= 15 is 0 Å². The van der Waals surface area contributed by atoms with Gasteiger partial charge in [-0.25, -0.2) is 14.7 Å². The van der Waals surface area contributed by atoms with Crippen molar-refractivity contribution < 1.29 is 33.8 Å². The van der Waals surface area contributed by atoms with Gasteiger partial charge in [-0.2, -0.15) is 0 Å². The van der Waals surface area contributed by atoms with Gasteiger partial charge in [0.05, 0.1) is 0 Å². The van der Waals surface area contributed by atoms with Crippen molar-refractivity contribution in [1.82, 2.24) is 10.4 Å². The highest BCUT2D eigenvalue weighted by atomic mass is 16.7. The molecular formula is C24H26N2O7. The number of alkyl carbamates (subject to hydrolysis) is 1. The van der Waals surface area contributed by atoms with Gasteiger partial charge in [0.2, 0.25) is 0 Å². The Morgan fingerprint density at radius 2 is 1.73 bits per heavy atom. The Kier molecular flexibility index (Phi) is 6.90. The molecule has 0 radical (unpaired) electrons. The van der Waals surface area contributed by atoms with E-state index in [1.54, 1.807) is 0 Å². The summed E-state index contributed by atoms with van der Waals surface area (Å²) in [6, 6.07) is 16.2. The van der Waals surface area contributed by atoms with Gasteiger partial charge in [-0.3, -0.25) is 9.63 Å². The Labute approximate surface area is 191 Å². The van der Waals surface area contributed by atoms with Crippen LogP contribution < -0.4 is 5.32 Å². The number of carboxylic acids is 1. The molecule has 0 bridgehead atoms. The molecule has 9 heteroatoms. The third kappa shape index (κ3) is 4.99. The SMILES string of the molecule is CN(OCC(=O)O)C(=O)[C@@H]1OCC[C@@H]1CNC(=O)OCC1c2ccccc2-c2ccccc21. The molecule has 2 aliphatic rings. The van der Waals surface area contributed by atoms with Gasteiger partial charge < -0.3 is 19.9 Å². The van der Waals surface area contributed by atoms with E-state index in [9.17, 15) is 14.4 Å². The lowest BCUT2D eigenvalue weighted by Crippen LogP contribution is -2.43. The molecule has 1 heterocycles. The van der Waals surface area contributed by atoms with Crippen molar-refractivity contribution in [1.29, 1.82) is 0 Å². The zero-order chi connectivity index (χ0) is 23.4. The molecule has 9 nitrogen and oxygen atoms in total. The van der Waals surface area contributed by atoms with Crippen LogP contribution in [-0.4, -0.2) is 67.7 Å². The van der Waals surface area contributed by atoms with Crippen LogP contribution in [0.25, 0.3) is 11.1 Å². The van der Waals surface area contributed by atoms with Crippen LogP contribution >= 0.6 is 0 Å². The summed E-state index contributed by atoms with van der Waals surface area (Å²) in [6.45, 7) is 0.132. The molecule has 2 N–H and O–H groups in total. The number of aliphatic carboxylic acids is 1. The summed E-state index contributed by atoms with van der Waals surface area (Å²) in [5, 5.41) is 12.3. The highest BCUT2D eigenvalue weighted by Gasteiger charge is 2.37. The molecule has 0 saturated carbocycles. The van der Waals surface area contributed by atoms with E-state index in [4.69, 9.17) is 19.4 Å². The Morgan fingerprint density at radius 1 is 1.09 bits per heavy atom. The maximum Gasteiger partial charge on any atom is 0.407 e. The molecule has 2 amide bonds. The van der Waals surface area contributed by atoms with Crippen LogP contribution in [0.1, 0.15) is 23.5 Å². The second-order valence-electron chi connectivity index (χ2n) is 8.05. The lowest BCUT2D eigenvalue weighted by Gasteiger charge is -2.23. The number of hydrogen-bond donors (Lipinski definition) is 2. The van der Waals surface area contributed by atoms with Crippen molar-refractivity contribution in [2.45, 2.75) is 18.4 Å². The number of benzene rings is 2. The number of ether oxygens (including phenoxy) is 2. The van der Waals surface area contributed by atoms with Crippen LogP contribution in [0.15, 0.2) is 48.5 Å². The van der Waals surface area contributed by atoms with E-state index in [1.165, 1.54) is 7.05 Å². The van der Waals surface area contributed by atoms with Crippen molar-refractivity contribution in [2.24, 2.45) is 5.92 Å². The van der Waals surface area contributed by atoms with Gasteiger partial charge >= 0.3 is 12.1 Å². The normalized spacial score (nSPS) is 18.9. The minimum Gasteiger partial charge on any atom is -0.479 e. The molecule has 1 saturated heterocycles. The van der Waals surface area contributed by atoms with Crippen LogP contribution in [0.5, 0.6) is 0 Å². The minimum absolute atomic E-state index is 0.0349. The van der Waals surface area contributed by atoms with E-state index in [0.717, 1.165) is 27.3 Å². The van der Waals surface area contributed by atoms with E-state index in [0.29, 0.717) is 13.0 Å². The van der Waals surface area contributed by atoms with Crippen LogP contribution in [0.3, 0.4) is 0 Å². The summed E-state index contributed by atoms with van der Waals surface area (Å²) in [6.07, 6.45) is -0.810. The molecule has 4 rings (SSSR count). The standard InChI is InChI=1S/C24H26N2O7/c1-26(33-14-21(27)28)23(29)22-15(10-11-31-22)12-25-24(30)32-13-20-18-8-4-2-6-16(18)17-7-3-5-9-19(17)20/h2-9,15,20,22H,10-14H2,1H3,(H,25,30)(H,27,28)/t15-,22-/m1/s1. The predicted molar refractivity (Wildman–Crippen MR) is 117 cm³/mol. The van der Waals surface area contributed by atoms with Crippen molar-refractivity contribution >= 4 is 18.0 Å². The molecule has 0 aromatic heterocycles. The summed E-state index contributed by atoms with van der Waals surface area (Å²) in [4.78, 5) is 40.4. The van der Waals surface area contributed by atoms with Gasteiger partial charge in [0.25, 0.3) is 5.91 Å². The zero-order valence-electron chi connectivity index (χ0n) is 18.2. The maximum atomic E-state index is 12.5. The number of carboxylic acid groups (broad SMARTS) is 1. The third-order valence-electron chi connectivity index (χ3n) is 6.00. The number of amides is 2. The molecule has 0 spiro atoms. The Balaban J connectivity index is 1.30. The molecular weight excluding hydrogens is 428 g/mol. The number of carbonyl (C=O) groups is 3. The summed E-state index contributed by atoms with van der Waals surface area (Å²) in [7, 11) is 1.34. The van der Waals surface area contributed by atoms with Crippen LogP contribution in [0, 0.1) is 5.92 Å². The lowest BCUT2D eigenvalue weighted by atomic mass is 9.98. The summed E-state index contributed by atoms with van der Waals surface area (Å²) in [5.41, 5.74) is 4.57. The monoisotopic (exact) mass is 454 g/mol. The highest BCUT2D eigenvalue weighted by Crippen LogP contribution is 2.44. The molecule has 1 aliphatic carbocycles. The predicted octanol–water partition coefficient (Wildman–Crippen LogP) is 2.40. The lowest BCUT2D eigenvalue weighted by molar-refractivity contribution is -0.194. The minimum atomic E-state index is -1.18. The van der Waals surface area contributed by atoms with Crippen LogP contribution in [-0.2, 0) is 23.9 Å². The molecule has 0 unspecified atom stereocenters. The van der Waals surface area contributed by atoms with Crippen molar-refractivity contribution in [2.75, 3.05) is 33.4 Å². The highest BCUT2D eigenvalue weighted by molar-refractivity contribution is 5.81. The van der Waals surface area contributed by atoms with Crippen LogP contribution in [0.2, 0.25) is 0 Å². The Hall–Kier alpha value is -3.43. The quantitative estimate of drug-likeness (QED) is 0.589. The number of likely N-dealkylation sites (N-methyl/N-ethyl adjacent to an activating group) is 1. The number of rotatable bonds is 8. The van der Waals surface area contributed by atoms with Gasteiger partial charge in [-0.15, -0.1) is 0 Å². The topological polar surface area (TPSA) is 114 Å². The van der Waals surface area contributed by atoms with Gasteiger partial charge in [0, 0.05) is 32.0 Å². The molecule has 2 aromatic carbocycles. The largest absolute Gasteiger partial charge is 0.479 e. The fourth-order valence-electron chi connectivity index (χ4n) is 4.37. The number of carbonyl (C=O) groups excluding carboxylic acids is 2. The van der Waals surface area contributed by atoms with E-state index in [-0.39, 0.29) is 25.0 Å². The molecule has 2 aromatic rings. The molecule has 33 heavy (non-hydrogen) atoms. The molecule has 1 aliphatic heterocycles. The van der Waals surface area contributed by atoms with Gasteiger partial charge in [0.1, 0.15) is 12.7 Å². The Morgan fingerprint density at radius 3 is 2.36 bits per heavy atom. The van der Waals surface area contributed by atoms with Crippen LogP contribution in [0.4, 0.5) is 4.79 Å². The zero-order valence-corrected chi connectivity index (χ0v) is 18.2. The van der Waals surface area contributed by atoms with Crippen molar-refractivity contribution in [3.8, 4) is 11.1 Å². The Bertz CT molecular complexity index is 995. The van der Waals surface area contributed by atoms with Crippen molar-refractivity contribution in [3.63, 3.8) is 0 Å². The number of nitrogens with one attached hydrogen (secondary N) is 1. The van der Waals surface area contributed by atoms with Gasteiger partial charge in [-0.05, 0) is 28.7 Å². The van der Waals surface area contributed by atoms with E-state index in [1.807, 2.05) is 24.3 Å². The number of hydrogen-bond acceptors (Lipinski definition) is 6. The average Bonchev–Trinajstić information content (AvgIpc) is 3.42. The summed E-state index contributed by atoms with van der Waals surface area (Å²) in [5.74, 6) is -1.98. The first-order chi connectivity index (χ1) is 16.0. The molecule has 1 fully saturated rings. The smallest absolute Gasteiger partial charge is 0.407 e. The molecule has 2 atom stereocenters. The van der Waals surface area contributed by atoms with E-state index < -0.39 is 30.7 Å². The average molecular weight is 454 g/mol. The number of fused-ring (bicyclic) bond motifs is 3. The van der Waals surface area contributed by atoms with Crippen molar-refractivity contribution in [3.05, 3.63) is 59.7 Å². The third-order valence-corrected chi connectivity index (χ3v) is 6.00. The summed E-state index contributed by atoms with van der Waals surface area (Å²) < 4.78 is 11.0. The second kappa shape index (κ2) is 10.0. The molecule has 174 valence electrons. The fraction of sp³-hybridized carbons (Fsp3) is 0.375. The maximum absolute atomic E-state index is 12.5. The number of nitrogens with zero attached hydrogens (tertiary/aromatic N) is 1. The first kappa shape index (κ1) is 22.8. The van der Waals surface area contributed by atoms with Gasteiger partial charge in [-0.1, -0.05) is 48.5 Å². The van der Waals surface area contributed by atoms with Gasteiger partial charge in [0.15, 0.2) is 6.61 Å². The summed E-state index contributed by atoms with van der Waals surface area (Å²) >= 11 is 0. The van der Waals surface area contributed by atoms with E-state index in [2.05, 4.69) is 29.6 Å². The second-order valence-corrected chi connectivity index (χ2v) is 8.05. The fourth-order valence-corrected chi connectivity index (χ4v) is 4.37.